The lowest BCUT2D eigenvalue weighted by molar-refractivity contribution is -0.122. The van der Waals surface area contributed by atoms with Crippen molar-refractivity contribution in [1.29, 1.82) is 0 Å². The number of nitrogens with zero attached hydrogens (tertiary/aromatic N) is 3. The van der Waals surface area contributed by atoms with Gasteiger partial charge in [-0.2, -0.15) is 0 Å². The Kier molecular flexibility index (Phi) is 7.35. The summed E-state index contributed by atoms with van der Waals surface area (Å²) in [4.78, 5) is 21.1. The number of carbonyl (C=O) groups excluding carboxylic acids is 1. The van der Waals surface area contributed by atoms with Gasteiger partial charge < -0.3 is 4.57 Å². The molecule has 5 aromatic rings. The lowest BCUT2D eigenvalue weighted by Gasteiger charge is -2.15. The molecule has 39 heavy (non-hydrogen) atoms. The maximum absolute atomic E-state index is 13.7. The zero-order valence-corrected chi connectivity index (χ0v) is 22.8. The van der Waals surface area contributed by atoms with Crippen molar-refractivity contribution >= 4 is 51.4 Å². The Bertz CT molecular complexity index is 1690. The average Bonchev–Trinajstić information content (AvgIpc) is 3.46. The normalized spacial score (nSPS) is 15.6. The fourth-order valence-corrected chi connectivity index (χ4v) is 5.91. The molecule has 4 aromatic carbocycles. The third-order valence-electron chi connectivity index (χ3n) is 6.72. The number of aromatic nitrogens is 1. The maximum atomic E-state index is 13.7. The predicted molar refractivity (Wildman–Crippen MR) is 163 cm³/mol. The number of benzene rings is 4. The minimum Gasteiger partial charge on any atom is -0.342 e. The summed E-state index contributed by atoms with van der Waals surface area (Å²) in [6, 6.07) is 36.3. The summed E-state index contributed by atoms with van der Waals surface area (Å²) in [6.45, 7) is 1.65. The highest BCUT2D eigenvalue weighted by molar-refractivity contribution is 8.18. The number of hydrogen-bond donors (Lipinski definition) is 0. The number of amidine groups is 1. The van der Waals surface area contributed by atoms with E-state index in [1.807, 2.05) is 91.0 Å². The van der Waals surface area contributed by atoms with Crippen molar-refractivity contribution in [3.63, 3.8) is 0 Å². The van der Waals surface area contributed by atoms with Gasteiger partial charge >= 0.3 is 0 Å². The monoisotopic (exact) mass is 547 g/mol. The van der Waals surface area contributed by atoms with E-state index in [2.05, 4.69) is 35.0 Å². The van der Waals surface area contributed by atoms with Crippen LogP contribution < -0.4 is 0 Å². The molecule has 2 heterocycles. The smallest absolute Gasteiger partial charge is 0.267 e. The highest BCUT2D eigenvalue weighted by Gasteiger charge is 2.33. The molecule has 1 saturated heterocycles. The minimum absolute atomic E-state index is 0.0291. The van der Waals surface area contributed by atoms with Crippen LogP contribution in [-0.4, -0.2) is 20.5 Å². The molecule has 0 unspecified atom stereocenters. The van der Waals surface area contributed by atoms with Gasteiger partial charge in [-0.05, 0) is 46.7 Å². The molecule has 0 spiro atoms. The van der Waals surface area contributed by atoms with E-state index in [0.717, 1.165) is 43.3 Å². The first-order valence-electron chi connectivity index (χ1n) is 12.8. The predicted octanol–water partition coefficient (Wildman–Crippen LogP) is 8.02. The molecule has 6 rings (SSSR count). The molecular weight excluding hydrogens is 522 g/mol. The Balaban J connectivity index is 1.36. The summed E-state index contributed by atoms with van der Waals surface area (Å²) in [5.41, 5.74) is 5.32. The molecule has 1 aliphatic heterocycles. The number of halogens is 1. The number of fused-ring (bicyclic) bond motifs is 1. The quantitative estimate of drug-likeness (QED) is 0.193. The van der Waals surface area contributed by atoms with Crippen LogP contribution in [0.25, 0.3) is 17.0 Å². The molecule has 6 heteroatoms. The fraction of sp³-hybridized carbons (Fsp3) is 0.0909. The largest absolute Gasteiger partial charge is 0.342 e. The van der Waals surface area contributed by atoms with Crippen molar-refractivity contribution in [2.24, 2.45) is 4.99 Å². The highest BCUT2D eigenvalue weighted by Crippen LogP contribution is 2.36. The van der Waals surface area contributed by atoms with Crippen molar-refractivity contribution in [3.05, 3.63) is 148 Å². The zero-order chi connectivity index (χ0) is 26.6. The molecular formula is C33H26ClN3OS. The van der Waals surface area contributed by atoms with Crippen LogP contribution in [0, 0.1) is 0 Å². The third kappa shape index (κ3) is 5.56. The second-order valence-electron chi connectivity index (χ2n) is 9.39. The fourth-order valence-electron chi connectivity index (χ4n) is 4.75. The highest BCUT2D eigenvalue weighted by atomic mass is 35.5. The second-order valence-corrected chi connectivity index (χ2v) is 10.8. The van der Waals surface area contributed by atoms with E-state index in [4.69, 9.17) is 16.6 Å². The number of rotatable bonds is 7. The number of thioether (sulfide) groups is 1. The SMILES string of the molecule is O=C1/C(=C/c2cn(Cc3ccccc3Cl)c3ccccc23)SC(=NCc2ccccc2)N1Cc1ccccc1. The van der Waals surface area contributed by atoms with Crippen molar-refractivity contribution in [3.8, 4) is 0 Å². The van der Waals surface area contributed by atoms with Gasteiger partial charge in [0.2, 0.25) is 0 Å². The van der Waals surface area contributed by atoms with Gasteiger partial charge in [0.1, 0.15) is 0 Å². The van der Waals surface area contributed by atoms with Gasteiger partial charge in [0.15, 0.2) is 5.17 Å². The van der Waals surface area contributed by atoms with Gasteiger partial charge in [0.05, 0.1) is 18.0 Å². The second kappa shape index (κ2) is 11.4. The Labute approximate surface area is 237 Å². The van der Waals surface area contributed by atoms with Gasteiger partial charge in [-0.1, -0.05) is 109 Å². The van der Waals surface area contributed by atoms with E-state index in [0.29, 0.717) is 24.5 Å². The van der Waals surface area contributed by atoms with Crippen molar-refractivity contribution in [2.75, 3.05) is 0 Å². The van der Waals surface area contributed by atoms with E-state index in [9.17, 15) is 4.79 Å². The first-order chi connectivity index (χ1) is 19.2. The van der Waals surface area contributed by atoms with E-state index in [-0.39, 0.29) is 5.91 Å². The zero-order valence-electron chi connectivity index (χ0n) is 21.2. The molecule has 1 aliphatic rings. The molecule has 0 aliphatic carbocycles. The summed E-state index contributed by atoms with van der Waals surface area (Å²) in [5, 5.41) is 2.56. The maximum Gasteiger partial charge on any atom is 0.267 e. The van der Waals surface area contributed by atoms with Crippen LogP contribution in [0.15, 0.2) is 125 Å². The Morgan fingerprint density at radius 2 is 1.44 bits per heavy atom. The van der Waals surface area contributed by atoms with Crippen molar-refractivity contribution < 1.29 is 4.79 Å². The first-order valence-corrected chi connectivity index (χ1v) is 14.0. The van der Waals surface area contributed by atoms with E-state index in [1.54, 1.807) is 4.90 Å². The van der Waals surface area contributed by atoms with Crippen molar-refractivity contribution in [2.45, 2.75) is 19.6 Å². The molecule has 192 valence electrons. The molecule has 0 radical (unpaired) electrons. The molecule has 4 nitrogen and oxygen atoms in total. The van der Waals surface area contributed by atoms with Crippen LogP contribution in [0.1, 0.15) is 22.3 Å². The summed E-state index contributed by atoms with van der Waals surface area (Å²) in [6.07, 6.45) is 4.11. The third-order valence-corrected chi connectivity index (χ3v) is 8.13. The summed E-state index contributed by atoms with van der Waals surface area (Å²) < 4.78 is 2.19. The number of hydrogen-bond acceptors (Lipinski definition) is 3. The lowest BCUT2D eigenvalue weighted by atomic mass is 10.1. The molecule has 0 atom stereocenters. The number of amides is 1. The minimum atomic E-state index is -0.0291. The standard InChI is InChI=1S/C33H26ClN3OS/c34-29-17-9-7-15-26(29)22-36-23-27(28-16-8-10-18-30(28)36)19-31-32(38)37(21-25-13-5-2-6-14-25)33(39-31)35-20-24-11-3-1-4-12-24/h1-19,23H,20-22H2/b31-19-,35-33?. The Morgan fingerprint density at radius 3 is 2.21 bits per heavy atom. The van der Waals surface area contributed by atoms with Gasteiger partial charge in [-0.15, -0.1) is 0 Å². The molecule has 0 bridgehead atoms. The summed E-state index contributed by atoms with van der Waals surface area (Å²) in [5.74, 6) is -0.0291. The first kappa shape index (κ1) is 25.2. The Morgan fingerprint density at radius 1 is 0.769 bits per heavy atom. The van der Waals surface area contributed by atoms with Gasteiger partial charge in [0, 0.05) is 34.2 Å². The number of carbonyl (C=O) groups is 1. The molecule has 1 amide bonds. The lowest BCUT2D eigenvalue weighted by Crippen LogP contribution is -2.28. The van der Waals surface area contributed by atoms with Crippen LogP contribution in [0.4, 0.5) is 0 Å². The molecule has 0 saturated carbocycles. The average molecular weight is 548 g/mol. The van der Waals surface area contributed by atoms with Crippen LogP contribution in [0.2, 0.25) is 5.02 Å². The topological polar surface area (TPSA) is 37.6 Å². The molecule has 1 fully saturated rings. The van der Waals surface area contributed by atoms with Crippen LogP contribution in [-0.2, 0) is 24.4 Å². The van der Waals surface area contributed by atoms with Gasteiger partial charge in [-0.25, -0.2) is 0 Å². The van der Waals surface area contributed by atoms with Crippen molar-refractivity contribution in [1.82, 2.24) is 9.47 Å². The summed E-state index contributed by atoms with van der Waals surface area (Å²) >= 11 is 7.91. The van der Waals surface area contributed by atoms with E-state index < -0.39 is 0 Å². The van der Waals surface area contributed by atoms with Crippen LogP contribution >= 0.6 is 23.4 Å². The number of para-hydroxylation sites is 1. The van der Waals surface area contributed by atoms with Gasteiger partial charge in [0.25, 0.3) is 5.91 Å². The van der Waals surface area contributed by atoms with Gasteiger partial charge in [-0.3, -0.25) is 14.7 Å². The molecule has 0 N–H and O–H groups in total. The molecule has 1 aromatic heterocycles. The Hall–Kier alpha value is -4.06. The van der Waals surface area contributed by atoms with Crippen LogP contribution in [0.5, 0.6) is 0 Å². The number of aliphatic imine (C=N–C) groups is 1. The summed E-state index contributed by atoms with van der Waals surface area (Å²) in [7, 11) is 0. The van der Waals surface area contributed by atoms with Crippen LogP contribution in [0.3, 0.4) is 0 Å². The van der Waals surface area contributed by atoms with E-state index in [1.165, 1.54) is 11.8 Å². The van der Waals surface area contributed by atoms with E-state index >= 15 is 0 Å².